The second kappa shape index (κ2) is 8.72. The van der Waals surface area contributed by atoms with Crippen LogP contribution in [0.25, 0.3) is 0 Å². The number of aryl methyl sites for hydroxylation is 2. The molecule has 0 aliphatic rings. The van der Waals surface area contributed by atoms with Crippen LogP contribution < -0.4 is 10.6 Å². The lowest BCUT2D eigenvalue weighted by Gasteiger charge is -2.13. The van der Waals surface area contributed by atoms with Crippen molar-refractivity contribution in [3.63, 3.8) is 0 Å². The fourth-order valence-corrected chi connectivity index (χ4v) is 3.21. The van der Waals surface area contributed by atoms with Crippen LogP contribution in [0.1, 0.15) is 35.3 Å². The molecule has 0 saturated heterocycles. The Labute approximate surface area is 153 Å². The van der Waals surface area contributed by atoms with Gasteiger partial charge in [0, 0.05) is 16.6 Å². The summed E-state index contributed by atoms with van der Waals surface area (Å²) in [6, 6.07) is 13.4. The molecule has 0 spiro atoms. The van der Waals surface area contributed by atoms with E-state index in [4.69, 9.17) is 0 Å². The molecule has 2 aromatic rings. The lowest BCUT2D eigenvalue weighted by atomic mass is 10.1. The van der Waals surface area contributed by atoms with Crippen molar-refractivity contribution in [1.82, 2.24) is 5.32 Å². The zero-order valence-corrected chi connectivity index (χ0v) is 15.9. The van der Waals surface area contributed by atoms with E-state index in [1.54, 1.807) is 6.07 Å². The summed E-state index contributed by atoms with van der Waals surface area (Å²) in [7, 11) is 0. The maximum Gasteiger partial charge on any atom is 0.256 e. The van der Waals surface area contributed by atoms with Crippen molar-refractivity contribution in [2.75, 3.05) is 11.1 Å². The van der Waals surface area contributed by atoms with E-state index in [2.05, 4.69) is 10.6 Å². The van der Waals surface area contributed by atoms with Crippen molar-refractivity contribution in [2.24, 2.45) is 0 Å². The molecule has 2 N–H and O–H groups in total. The van der Waals surface area contributed by atoms with Gasteiger partial charge in [-0.15, -0.1) is 11.8 Å². The minimum atomic E-state index is -0.166. The summed E-state index contributed by atoms with van der Waals surface area (Å²) in [6.07, 6.45) is 0. The van der Waals surface area contributed by atoms with E-state index < -0.39 is 0 Å². The van der Waals surface area contributed by atoms with Gasteiger partial charge >= 0.3 is 0 Å². The van der Waals surface area contributed by atoms with Crippen LogP contribution in [0.5, 0.6) is 0 Å². The van der Waals surface area contributed by atoms with Crippen molar-refractivity contribution < 1.29 is 9.59 Å². The Balaban J connectivity index is 2.12. The number of nitrogens with one attached hydrogen (secondary N) is 2. The normalized spacial score (nSPS) is 10.6. The van der Waals surface area contributed by atoms with Gasteiger partial charge in [0.15, 0.2) is 0 Å². The molecule has 0 aromatic heterocycles. The Bertz CT molecular complexity index is 772. The molecular formula is C20H24N2O2S. The number of benzene rings is 2. The largest absolute Gasteiger partial charge is 0.353 e. The molecule has 4 nitrogen and oxygen atoms in total. The topological polar surface area (TPSA) is 58.2 Å². The maximum atomic E-state index is 12.7. The van der Waals surface area contributed by atoms with Gasteiger partial charge in [0.1, 0.15) is 0 Å². The molecule has 0 radical (unpaired) electrons. The van der Waals surface area contributed by atoms with E-state index in [0.717, 1.165) is 21.7 Å². The summed E-state index contributed by atoms with van der Waals surface area (Å²) in [4.78, 5) is 25.3. The summed E-state index contributed by atoms with van der Waals surface area (Å²) in [5.41, 5.74) is 3.49. The van der Waals surface area contributed by atoms with Crippen LogP contribution in [-0.4, -0.2) is 23.6 Å². The Morgan fingerprint density at radius 2 is 1.80 bits per heavy atom. The van der Waals surface area contributed by atoms with E-state index in [1.165, 1.54) is 11.8 Å². The van der Waals surface area contributed by atoms with Crippen molar-refractivity contribution in [1.29, 1.82) is 0 Å². The molecule has 0 aliphatic carbocycles. The minimum Gasteiger partial charge on any atom is -0.353 e. The third kappa shape index (κ3) is 5.64. The molecule has 0 atom stereocenters. The molecule has 5 heteroatoms. The van der Waals surface area contributed by atoms with Crippen molar-refractivity contribution in [3.8, 4) is 0 Å². The average molecular weight is 356 g/mol. The van der Waals surface area contributed by atoms with Crippen LogP contribution in [0.4, 0.5) is 5.69 Å². The first-order chi connectivity index (χ1) is 11.9. The number of hydrogen-bond donors (Lipinski definition) is 2. The molecule has 0 heterocycles. The van der Waals surface area contributed by atoms with Gasteiger partial charge in [0.25, 0.3) is 5.91 Å². The molecule has 2 rings (SSSR count). The van der Waals surface area contributed by atoms with Crippen molar-refractivity contribution >= 4 is 29.3 Å². The summed E-state index contributed by atoms with van der Waals surface area (Å²) in [5, 5.41) is 5.83. The fourth-order valence-electron chi connectivity index (χ4n) is 2.35. The van der Waals surface area contributed by atoms with Gasteiger partial charge in [-0.3, -0.25) is 9.59 Å². The van der Waals surface area contributed by atoms with Gasteiger partial charge in [-0.25, -0.2) is 0 Å². The Morgan fingerprint density at radius 3 is 2.52 bits per heavy atom. The first kappa shape index (κ1) is 19.1. The molecule has 0 bridgehead atoms. The lowest BCUT2D eigenvalue weighted by molar-refractivity contribution is -0.119. The highest BCUT2D eigenvalue weighted by molar-refractivity contribution is 8.00. The van der Waals surface area contributed by atoms with Crippen LogP contribution in [0.3, 0.4) is 0 Å². The van der Waals surface area contributed by atoms with E-state index in [9.17, 15) is 9.59 Å². The maximum absolute atomic E-state index is 12.7. The van der Waals surface area contributed by atoms with Gasteiger partial charge in [0.05, 0.1) is 11.3 Å². The number of anilines is 1. The van der Waals surface area contributed by atoms with Crippen LogP contribution >= 0.6 is 11.8 Å². The molecule has 2 aromatic carbocycles. The Kier molecular flexibility index (Phi) is 6.65. The molecular weight excluding hydrogens is 332 g/mol. The van der Waals surface area contributed by atoms with Gasteiger partial charge < -0.3 is 10.6 Å². The molecule has 0 fully saturated rings. The molecule has 25 heavy (non-hydrogen) atoms. The van der Waals surface area contributed by atoms with E-state index >= 15 is 0 Å². The molecule has 0 saturated carbocycles. The number of thioether (sulfide) groups is 1. The third-order valence-electron chi connectivity index (χ3n) is 3.58. The predicted molar refractivity (Wildman–Crippen MR) is 104 cm³/mol. The monoisotopic (exact) mass is 356 g/mol. The van der Waals surface area contributed by atoms with Gasteiger partial charge in [0.2, 0.25) is 5.91 Å². The van der Waals surface area contributed by atoms with E-state index in [-0.39, 0.29) is 23.6 Å². The van der Waals surface area contributed by atoms with E-state index in [0.29, 0.717) is 5.56 Å². The SMILES string of the molecule is Cc1ccc(C)c(NC(=O)c2ccccc2SCC(=O)NC(C)C)c1. The number of carbonyl (C=O) groups excluding carboxylic acids is 2. The van der Waals surface area contributed by atoms with Crippen LogP contribution in [-0.2, 0) is 4.79 Å². The second-order valence-corrected chi connectivity index (χ2v) is 7.30. The van der Waals surface area contributed by atoms with E-state index in [1.807, 2.05) is 64.1 Å². The van der Waals surface area contributed by atoms with Gasteiger partial charge in [-0.1, -0.05) is 24.3 Å². The minimum absolute atomic E-state index is 0.0373. The number of carbonyl (C=O) groups is 2. The standard InChI is InChI=1S/C20H24N2O2S/c1-13(2)21-19(23)12-25-18-8-6-5-7-16(18)20(24)22-17-11-14(3)9-10-15(17)4/h5-11,13H,12H2,1-4H3,(H,21,23)(H,22,24). The average Bonchev–Trinajstić information content (AvgIpc) is 2.56. The van der Waals surface area contributed by atoms with Crippen LogP contribution in [0, 0.1) is 13.8 Å². The molecule has 0 aliphatic heterocycles. The quantitative estimate of drug-likeness (QED) is 0.764. The number of hydrogen-bond acceptors (Lipinski definition) is 3. The predicted octanol–water partition coefficient (Wildman–Crippen LogP) is 4.17. The highest BCUT2D eigenvalue weighted by Crippen LogP contribution is 2.24. The summed E-state index contributed by atoms with van der Waals surface area (Å²) < 4.78 is 0. The first-order valence-corrected chi connectivity index (χ1v) is 9.25. The van der Waals surface area contributed by atoms with Crippen molar-refractivity contribution in [2.45, 2.75) is 38.6 Å². The third-order valence-corrected chi connectivity index (χ3v) is 4.65. The molecule has 2 amide bonds. The Hall–Kier alpha value is -2.27. The number of rotatable bonds is 6. The second-order valence-electron chi connectivity index (χ2n) is 6.28. The fraction of sp³-hybridized carbons (Fsp3) is 0.300. The van der Waals surface area contributed by atoms with Crippen LogP contribution in [0.2, 0.25) is 0 Å². The summed E-state index contributed by atoms with van der Waals surface area (Å²) >= 11 is 1.37. The first-order valence-electron chi connectivity index (χ1n) is 8.26. The number of amides is 2. The summed E-state index contributed by atoms with van der Waals surface area (Å²) in [6.45, 7) is 7.81. The Morgan fingerprint density at radius 1 is 1.08 bits per heavy atom. The molecule has 132 valence electrons. The zero-order chi connectivity index (χ0) is 18.4. The van der Waals surface area contributed by atoms with Gasteiger partial charge in [-0.2, -0.15) is 0 Å². The molecule has 0 unspecified atom stereocenters. The zero-order valence-electron chi connectivity index (χ0n) is 15.1. The lowest BCUT2D eigenvalue weighted by Crippen LogP contribution is -2.31. The summed E-state index contributed by atoms with van der Waals surface area (Å²) in [5.74, 6) is 0.0807. The van der Waals surface area contributed by atoms with Crippen LogP contribution in [0.15, 0.2) is 47.4 Å². The highest BCUT2D eigenvalue weighted by atomic mass is 32.2. The smallest absolute Gasteiger partial charge is 0.256 e. The van der Waals surface area contributed by atoms with Crippen molar-refractivity contribution in [3.05, 3.63) is 59.2 Å². The highest BCUT2D eigenvalue weighted by Gasteiger charge is 2.14. The van der Waals surface area contributed by atoms with Gasteiger partial charge in [-0.05, 0) is 57.0 Å².